The van der Waals surface area contributed by atoms with E-state index in [2.05, 4.69) is 12.2 Å². The Balaban J connectivity index is 0.00000144. The quantitative estimate of drug-likeness (QED) is 0.864. The van der Waals surface area contributed by atoms with E-state index in [1.54, 1.807) is 0 Å². The fourth-order valence-corrected chi connectivity index (χ4v) is 1.81. The molecule has 17 heavy (non-hydrogen) atoms. The molecule has 0 spiro atoms. The Morgan fingerprint density at radius 2 is 2.06 bits per heavy atom. The molecule has 94 valence electrons. The maximum Gasteiger partial charge on any atom is 0.222 e. The van der Waals surface area contributed by atoms with Gasteiger partial charge in [0.2, 0.25) is 5.91 Å². The van der Waals surface area contributed by atoms with E-state index >= 15 is 0 Å². The Bertz CT molecular complexity index is 369. The van der Waals surface area contributed by atoms with Crippen LogP contribution in [0.15, 0.2) is 30.3 Å². The summed E-state index contributed by atoms with van der Waals surface area (Å²) in [4.78, 5) is 11.6. The first-order chi connectivity index (χ1) is 7.66. The number of halogens is 1. The first-order valence-electron chi connectivity index (χ1n) is 5.76. The summed E-state index contributed by atoms with van der Waals surface area (Å²) >= 11 is 0. The summed E-state index contributed by atoms with van der Waals surface area (Å²) in [6.07, 6.45) is 1.47. The van der Waals surface area contributed by atoms with Crippen molar-refractivity contribution in [3.8, 4) is 0 Å². The Morgan fingerprint density at radius 3 is 2.59 bits per heavy atom. The maximum absolute atomic E-state index is 11.6. The highest BCUT2D eigenvalue weighted by Crippen LogP contribution is 2.29. The number of nitrogens with one attached hydrogen (secondary N) is 1. The molecule has 0 heterocycles. The van der Waals surface area contributed by atoms with Crippen LogP contribution in [0.25, 0.3) is 0 Å². The summed E-state index contributed by atoms with van der Waals surface area (Å²) in [7, 11) is 0. The van der Waals surface area contributed by atoms with Gasteiger partial charge in [-0.15, -0.1) is 12.4 Å². The van der Waals surface area contributed by atoms with Gasteiger partial charge in [-0.05, 0) is 17.9 Å². The van der Waals surface area contributed by atoms with Crippen molar-refractivity contribution in [3.05, 3.63) is 35.9 Å². The van der Waals surface area contributed by atoms with Crippen LogP contribution in [0.5, 0.6) is 0 Å². The van der Waals surface area contributed by atoms with Crippen LogP contribution in [0.2, 0.25) is 0 Å². The van der Waals surface area contributed by atoms with Crippen molar-refractivity contribution in [1.29, 1.82) is 0 Å². The van der Waals surface area contributed by atoms with Crippen molar-refractivity contribution in [2.75, 3.05) is 0 Å². The monoisotopic (exact) mass is 254 g/mol. The standard InChI is InChI=1S/C13H18N2O.ClH/c1-9-7-12(9)15-13(16)8-11(14)10-5-3-2-4-6-10;/h2-6,9,11-12H,7-8,14H2,1H3,(H,15,16);1H. The fraction of sp³-hybridized carbons (Fsp3) is 0.462. The molecule has 1 amide bonds. The van der Waals surface area contributed by atoms with Gasteiger partial charge in [0, 0.05) is 18.5 Å². The summed E-state index contributed by atoms with van der Waals surface area (Å²) in [5.41, 5.74) is 6.98. The van der Waals surface area contributed by atoms with E-state index in [1.807, 2.05) is 30.3 Å². The number of rotatable bonds is 4. The predicted molar refractivity (Wildman–Crippen MR) is 70.9 cm³/mol. The van der Waals surface area contributed by atoms with Crippen molar-refractivity contribution in [2.24, 2.45) is 11.7 Å². The third kappa shape index (κ3) is 4.02. The third-order valence-corrected chi connectivity index (χ3v) is 3.09. The average Bonchev–Trinajstić information content (AvgIpc) is 2.95. The molecule has 0 aromatic heterocycles. The number of carbonyl (C=O) groups excluding carboxylic acids is 1. The van der Waals surface area contributed by atoms with E-state index in [9.17, 15) is 4.79 Å². The van der Waals surface area contributed by atoms with Gasteiger partial charge in [-0.25, -0.2) is 0 Å². The maximum atomic E-state index is 11.6. The Kier molecular flexibility index (Phi) is 4.97. The second-order valence-corrected chi connectivity index (χ2v) is 4.61. The number of nitrogens with two attached hydrogens (primary N) is 1. The molecule has 0 bridgehead atoms. The first-order valence-corrected chi connectivity index (χ1v) is 5.76. The van der Waals surface area contributed by atoms with Crippen LogP contribution in [-0.2, 0) is 4.79 Å². The molecule has 0 radical (unpaired) electrons. The number of hydrogen-bond acceptors (Lipinski definition) is 2. The van der Waals surface area contributed by atoms with Crippen LogP contribution >= 0.6 is 12.4 Å². The smallest absolute Gasteiger partial charge is 0.222 e. The second kappa shape index (κ2) is 6.03. The van der Waals surface area contributed by atoms with Gasteiger partial charge < -0.3 is 11.1 Å². The molecular formula is C13H19ClN2O. The zero-order chi connectivity index (χ0) is 11.5. The summed E-state index contributed by atoms with van der Waals surface area (Å²) in [5.74, 6) is 0.697. The molecule has 1 aromatic rings. The van der Waals surface area contributed by atoms with Gasteiger partial charge >= 0.3 is 0 Å². The SMILES string of the molecule is CC1CC1NC(=O)CC(N)c1ccccc1.Cl. The van der Waals surface area contributed by atoms with Crippen molar-refractivity contribution >= 4 is 18.3 Å². The molecule has 4 heteroatoms. The molecule has 3 unspecified atom stereocenters. The third-order valence-electron chi connectivity index (χ3n) is 3.09. The summed E-state index contributed by atoms with van der Waals surface area (Å²) in [6, 6.07) is 9.93. The number of benzene rings is 1. The van der Waals surface area contributed by atoms with E-state index in [1.165, 1.54) is 0 Å². The highest BCUT2D eigenvalue weighted by Gasteiger charge is 2.33. The lowest BCUT2D eigenvalue weighted by Crippen LogP contribution is -2.29. The van der Waals surface area contributed by atoms with E-state index < -0.39 is 0 Å². The largest absolute Gasteiger partial charge is 0.353 e. The highest BCUT2D eigenvalue weighted by molar-refractivity contribution is 5.85. The van der Waals surface area contributed by atoms with Crippen molar-refractivity contribution in [1.82, 2.24) is 5.32 Å². The molecule has 0 saturated heterocycles. The molecule has 1 aliphatic rings. The number of hydrogen-bond donors (Lipinski definition) is 2. The fourth-order valence-electron chi connectivity index (χ4n) is 1.81. The molecule has 3 nitrogen and oxygen atoms in total. The van der Waals surface area contributed by atoms with Crippen molar-refractivity contribution in [3.63, 3.8) is 0 Å². The van der Waals surface area contributed by atoms with Crippen LogP contribution < -0.4 is 11.1 Å². The average molecular weight is 255 g/mol. The lowest BCUT2D eigenvalue weighted by Gasteiger charge is -2.11. The van der Waals surface area contributed by atoms with Crippen LogP contribution in [0.3, 0.4) is 0 Å². The topological polar surface area (TPSA) is 55.1 Å². The molecule has 1 aliphatic carbocycles. The van der Waals surface area contributed by atoms with Crippen LogP contribution in [0.4, 0.5) is 0 Å². The Labute approximate surface area is 108 Å². The van der Waals surface area contributed by atoms with Crippen LogP contribution in [0.1, 0.15) is 31.4 Å². The normalized spacial score (nSPS) is 23.4. The van der Waals surface area contributed by atoms with E-state index in [0.717, 1.165) is 12.0 Å². The highest BCUT2D eigenvalue weighted by atomic mass is 35.5. The first kappa shape index (κ1) is 14.0. The van der Waals surface area contributed by atoms with Gasteiger partial charge in [-0.1, -0.05) is 37.3 Å². The van der Waals surface area contributed by atoms with Crippen molar-refractivity contribution in [2.45, 2.75) is 31.8 Å². The van der Waals surface area contributed by atoms with Gasteiger partial charge in [0.1, 0.15) is 0 Å². The molecule has 1 saturated carbocycles. The van der Waals surface area contributed by atoms with Gasteiger partial charge in [0.15, 0.2) is 0 Å². The zero-order valence-electron chi connectivity index (χ0n) is 9.93. The molecule has 1 aromatic carbocycles. The lowest BCUT2D eigenvalue weighted by molar-refractivity contribution is -0.121. The summed E-state index contributed by atoms with van der Waals surface area (Å²) < 4.78 is 0. The van der Waals surface area contributed by atoms with Gasteiger partial charge in [0.05, 0.1) is 0 Å². The summed E-state index contributed by atoms with van der Waals surface area (Å²) in [5, 5.41) is 2.99. The molecule has 2 rings (SSSR count). The minimum Gasteiger partial charge on any atom is -0.353 e. The Morgan fingerprint density at radius 1 is 1.47 bits per heavy atom. The van der Waals surface area contributed by atoms with Crippen LogP contribution in [0, 0.1) is 5.92 Å². The molecule has 0 aliphatic heterocycles. The zero-order valence-corrected chi connectivity index (χ0v) is 10.7. The number of amides is 1. The molecule has 3 atom stereocenters. The lowest BCUT2D eigenvalue weighted by atomic mass is 10.0. The van der Waals surface area contributed by atoms with E-state index in [-0.39, 0.29) is 24.4 Å². The Hall–Kier alpha value is -1.06. The minimum absolute atomic E-state index is 0. The molecule has 1 fully saturated rings. The van der Waals surface area contributed by atoms with Crippen molar-refractivity contribution < 1.29 is 4.79 Å². The van der Waals surface area contributed by atoms with E-state index in [4.69, 9.17) is 5.73 Å². The van der Waals surface area contributed by atoms with Gasteiger partial charge in [-0.3, -0.25) is 4.79 Å². The van der Waals surface area contributed by atoms with E-state index in [0.29, 0.717) is 18.4 Å². The molecule has 3 N–H and O–H groups in total. The predicted octanol–water partition coefficient (Wildman–Crippen LogP) is 2.02. The summed E-state index contributed by atoms with van der Waals surface area (Å²) in [6.45, 7) is 2.14. The number of carbonyl (C=O) groups is 1. The minimum atomic E-state index is -0.199. The van der Waals surface area contributed by atoms with Gasteiger partial charge in [-0.2, -0.15) is 0 Å². The van der Waals surface area contributed by atoms with Gasteiger partial charge in [0.25, 0.3) is 0 Å². The van der Waals surface area contributed by atoms with Crippen LogP contribution in [-0.4, -0.2) is 11.9 Å². The second-order valence-electron chi connectivity index (χ2n) is 4.61. The molecular weight excluding hydrogens is 236 g/mol.